The quantitative estimate of drug-likeness (QED) is 0.940. The fourth-order valence-corrected chi connectivity index (χ4v) is 2.15. The van der Waals surface area contributed by atoms with Crippen molar-refractivity contribution >= 4 is 5.91 Å². The van der Waals surface area contributed by atoms with Crippen LogP contribution in [0.3, 0.4) is 0 Å². The van der Waals surface area contributed by atoms with Gasteiger partial charge in [-0.1, -0.05) is 12.1 Å². The van der Waals surface area contributed by atoms with E-state index in [0.29, 0.717) is 24.3 Å². The molecule has 5 heteroatoms. The smallest absolute Gasteiger partial charge is 0.261 e. The molecule has 0 saturated carbocycles. The molecule has 1 N–H and O–H groups in total. The van der Waals surface area contributed by atoms with E-state index in [9.17, 15) is 14.0 Å². The number of amides is 1. The van der Waals surface area contributed by atoms with Crippen LogP contribution in [0.5, 0.6) is 0 Å². The number of hydrogen-bond donors (Lipinski definition) is 1. The van der Waals surface area contributed by atoms with Gasteiger partial charge in [0.05, 0.1) is 0 Å². The molecule has 2 aromatic rings. The second-order valence-electron chi connectivity index (χ2n) is 4.60. The molecule has 0 aliphatic heterocycles. The predicted molar refractivity (Wildman–Crippen MR) is 79.7 cm³/mol. The van der Waals surface area contributed by atoms with Crippen molar-refractivity contribution in [1.29, 1.82) is 0 Å². The van der Waals surface area contributed by atoms with Crippen LogP contribution in [0.15, 0.2) is 41.2 Å². The first kappa shape index (κ1) is 15.0. The first-order valence-corrected chi connectivity index (χ1v) is 6.85. The number of aromatic nitrogens is 1. The number of halogens is 1. The summed E-state index contributed by atoms with van der Waals surface area (Å²) < 4.78 is 13.2. The summed E-state index contributed by atoms with van der Waals surface area (Å²) in [5, 5.41) is 0. The third-order valence-corrected chi connectivity index (χ3v) is 3.33. The number of rotatable bonds is 4. The zero-order valence-electron chi connectivity index (χ0n) is 12.0. The molecule has 1 aromatic carbocycles. The lowest BCUT2D eigenvalue weighted by Gasteiger charge is -2.18. The van der Waals surface area contributed by atoms with E-state index in [4.69, 9.17) is 0 Å². The summed E-state index contributed by atoms with van der Waals surface area (Å²) >= 11 is 0. The third-order valence-electron chi connectivity index (χ3n) is 3.33. The Kier molecular flexibility index (Phi) is 4.52. The summed E-state index contributed by atoms with van der Waals surface area (Å²) in [7, 11) is 0. The van der Waals surface area contributed by atoms with Crippen LogP contribution in [-0.4, -0.2) is 28.9 Å². The number of carbonyl (C=O) groups excluding carboxylic acids is 1. The molecule has 0 saturated heterocycles. The summed E-state index contributed by atoms with van der Waals surface area (Å²) in [5.41, 5.74) is 0.678. The average molecular weight is 288 g/mol. The van der Waals surface area contributed by atoms with E-state index < -0.39 is 5.56 Å². The van der Waals surface area contributed by atoms with Crippen LogP contribution < -0.4 is 5.56 Å². The third kappa shape index (κ3) is 3.18. The first-order chi connectivity index (χ1) is 10.1. The van der Waals surface area contributed by atoms with E-state index in [2.05, 4.69) is 4.98 Å². The molecule has 1 heterocycles. The van der Waals surface area contributed by atoms with Crippen molar-refractivity contribution in [3.63, 3.8) is 0 Å². The molecule has 1 aromatic heterocycles. The van der Waals surface area contributed by atoms with Gasteiger partial charge in [0.25, 0.3) is 11.5 Å². The minimum Gasteiger partial charge on any atom is -0.339 e. The SMILES string of the molecule is CCN(CC)C(=O)c1ccc(-c2cccc(F)c2)[nH]c1=O. The molecule has 2 rings (SSSR count). The number of nitrogens with one attached hydrogen (secondary N) is 1. The second-order valence-corrected chi connectivity index (χ2v) is 4.60. The van der Waals surface area contributed by atoms with E-state index in [-0.39, 0.29) is 17.3 Å². The van der Waals surface area contributed by atoms with E-state index in [0.717, 1.165) is 0 Å². The summed E-state index contributed by atoms with van der Waals surface area (Å²) in [5.74, 6) is -0.677. The molecule has 0 aliphatic rings. The number of benzene rings is 1. The van der Waals surface area contributed by atoms with Crippen LogP contribution in [0.4, 0.5) is 4.39 Å². The van der Waals surface area contributed by atoms with E-state index >= 15 is 0 Å². The highest BCUT2D eigenvalue weighted by Gasteiger charge is 2.16. The number of pyridine rings is 1. The van der Waals surface area contributed by atoms with Gasteiger partial charge in [-0.15, -0.1) is 0 Å². The van der Waals surface area contributed by atoms with Gasteiger partial charge in [0, 0.05) is 24.3 Å². The maximum Gasteiger partial charge on any atom is 0.261 e. The molecule has 0 spiro atoms. The number of nitrogens with zero attached hydrogens (tertiary/aromatic N) is 1. The van der Waals surface area contributed by atoms with Gasteiger partial charge in [0.1, 0.15) is 11.4 Å². The van der Waals surface area contributed by atoms with Crippen molar-refractivity contribution < 1.29 is 9.18 Å². The first-order valence-electron chi connectivity index (χ1n) is 6.85. The van der Waals surface area contributed by atoms with Gasteiger partial charge < -0.3 is 9.88 Å². The normalized spacial score (nSPS) is 10.4. The van der Waals surface area contributed by atoms with Gasteiger partial charge in [-0.3, -0.25) is 9.59 Å². The Morgan fingerprint density at radius 2 is 1.90 bits per heavy atom. The maximum atomic E-state index is 13.2. The van der Waals surface area contributed by atoms with Gasteiger partial charge in [0.15, 0.2) is 0 Å². The van der Waals surface area contributed by atoms with Crippen LogP contribution in [0, 0.1) is 5.82 Å². The zero-order valence-corrected chi connectivity index (χ0v) is 12.0. The van der Waals surface area contributed by atoms with Crippen molar-refractivity contribution in [2.24, 2.45) is 0 Å². The standard InChI is InChI=1S/C16H17FN2O2/c1-3-19(4-2)16(21)13-8-9-14(18-15(13)20)11-6-5-7-12(17)10-11/h5-10H,3-4H2,1-2H3,(H,18,20). The Bertz CT molecular complexity index is 705. The molecule has 4 nitrogen and oxygen atoms in total. The monoisotopic (exact) mass is 288 g/mol. The largest absolute Gasteiger partial charge is 0.339 e. The van der Waals surface area contributed by atoms with Gasteiger partial charge in [0.2, 0.25) is 0 Å². The predicted octanol–water partition coefficient (Wildman–Crippen LogP) is 2.66. The molecular formula is C16H17FN2O2. The highest BCUT2D eigenvalue weighted by atomic mass is 19.1. The Morgan fingerprint density at radius 3 is 2.48 bits per heavy atom. The van der Waals surface area contributed by atoms with E-state index in [1.165, 1.54) is 18.2 Å². The Hall–Kier alpha value is -2.43. The molecule has 110 valence electrons. The minimum atomic E-state index is -0.464. The van der Waals surface area contributed by atoms with E-state index in [1.54, 1.807) is 23.1 Å². The molecule has 0 fully saturated rings. The lowest BCUT2D eigenvalue weighted by molar-refractivity contribution is 0.0771. The lowest BCUT2D eigenvalue weighted by atomic mass is 10.1. The molecule has 0 atom stereocenters. The second kappa shape index (κ2) is 6.35. The van der Waals surface area contributed by atoms with Gasteiger partial charge >= 0.3 is 0 Å². The fraction of sp³-hybridized carbons (Fsp3) is 0.250. The van der Waals surface area contributed by atoms with Crippen LogP contribution in [0.1, 0.15) is 24.2 Å². The van der Waals surface area contributed by atoms with Crippen LogP contribution in [-0.2, 0) is 0 Å². The van der Waals surface area contributed by atoms with Crippen molar-refractivity contribution in [3.05, 3.63) is 58.1 Å². The van der Waals surface area contributed by atoms with Gasteiger partial charge in [-0.25, -0.2) is 4.39 Å². The fourth-order valence-electron chi connectivity index (χ4n) is 2.15. The van der Waals surface area contributed by atoms with Gasteiger partial charge in [-0.05, 0) is 38.1 Å². The summed E-state index contributed by atoms with van der Waals surface area (Å²) in [6.45, 7) is 4.80. The molecule has 0 unspecified atom stereocenters. The Labute approximate surface area is 122 Å². The zero-order chi connectivity index (χ0) is 15.4. The molecule has 1 amide bonds. The Balaban J connectivity index is 2.38. The topological polar surface area (TPSA) is 53.2 Å². The van der Waals surface area contributed by atoms with Crippen molar-refractivity contribution in [2.75, 3.05) is 13.1 Å². The van der Waals surface area contributed by atoms with Crippen LogP contribution >= 0.6 is 0 Å². The van der Waals surface area contributed by atoms with Crippen LogP contribution in [0.2, 0.25) is 0 Å². The number of aromatic amines is 1. The van der Waals surface area contributed by atoms with Crippen molar-refractivity contribution in [2.45, 2.75) is 13.8 Å². The van der Waals surface area contributed by atoms with Crippen LogP contribution in [0.25, 0.3) is 11.3 Å². The molecule has 0 radical (unpaired) electrons. The van der Waals surface area contributed by atoms with Crippen molar-refractivity contribution in [1.82, 2.24) is 9.88 Å². The summed E-state index contributed by atoms with van der Waals surface area (Å²) in [6, 6.07) is 9.03. The Morgan fingerprint density at radius 1 is 1.19 bits per heavy atom. The molecule has 0 bridgehead atoms. The molecule has 21 heavy (non-hydrogen) atoms. The van der Waals surface area contributed by atoms with Gasteiger partial charge in [-0.2, -0.15) is 0 Å². The average Bonchev–Trinajstić information content (AvgIpc) is 2.48. The number of carbonyl (C=O) groups is 1. The summed E-state index contributed by atoms with van der Waals surface area (Å²) in [4.78, 5) is 28.5. The minimum absolute atomic E-state index is 0.0962. The highest BCUT2D eigenvalue weighted by molar-refractivity contribution is 5.94. The molecule has 0 aliphatic carbocycles. The number of hydrogen-bond acceptors (Lipinski definition) is 2. The molecular weight excluding hydrogens is 271 g/mol. The highest BCUT2D eigenvalue weighted by Crippen LogP contribution is 2.16. The summed E-state index contributed by atoms with van der Waals surface area (Å²) in [6.07, 6.45) is 0. The lowest BCUT2D eigenvalue weighted by Crippen LogP contribution is -2.34. The van der Waals surface area contributed by atoms with E-state index in [1.807, 2.05) is 13.8 Å². The number of H-pyrrole nitrogens is 1. The maximum absolute atomic E-state index is 13.2. The van der Waals surface area contributed by atoms with Crippen molar-refractivity contribution in [3.8, 4) is 11.3 Å².